The van der Waals surface area contributed by atoms with Crippen LogP contribution >= 0.6 is 0 Å². The first-order valence-corrected chi connectivity index (χ1v) is 7.35. The highest BCUT2D eigenvalue weighted by molar-refractivity contribution is 6.39. The number of hydrogen-bond donors (Lipinski definition) is 1. The van der Waals surface area contributed by atoms with Gasteiger partial charge in [0, 0.05) is 19.3 Å². The zero-order valence-electron chi connectivity index (χ0n) is 14.3. The number of amides is 2. The zero-order chi connectivity index (χ0) is 17.8. The lowest BCUT2D eigenvalue weighted by atomic mass is 10.1. The molecular formula is C16H23N5O2. The highest BCUT2D eigenvalue weighted by Crippen LogP contribution is 2.19. The third-order valence-electron chi connectivity index (χ3n) is 3.08. The van der Waals surface area contributed by atoms with E-state index >= 15 is 0 Å². The van der Waals surface area contributed by atoms with Crippen molar-refractivity contribution in [2.45, 2.75) is 40.2 Å². The van der Waals surface area contributed by atoms with Crippen LogP contribution < -0.4 is 5.32 Å². The van der Waals surface area contributed by atoms with Crippen molar-refractivity contribution in [1.82, 2.24) is 14.7 Å². The molecule has 2 amide bonds. The second-order valence-electron chi connectivity index (χ2n) is 6.35. The van der Waals surface area contributed by atoms with Gasteiger partial charge >= 0.3 is 11.8 Å². The first-order chi connectivity index (χ1) is 10.6. The molecule has 1 N–H and O–H groups in total. The first kappa shape index (κ1) is 18.4. The Balaban J connectivity index is 2.97. The molecule has 0 spiro atoms. The Hall–Kier alpha value is -2.62. The third-order valence-corrected chi connectivity index (χ3v) is 3.08. The maximum Gasteiger partial charge on any atom is 0.315 e. The Morgan fingerprint density at radius 1 is 1.48 bits per heavy atom. The minimum absolute atomic E-state index is 0.0900. The van der Waals surface area contributed by atoms with Crippen molar-refractivity contribution in [2.24, 2.45) is 0 Å². The van der Waals surface area contributed by atoms with Crippen LogP contribution in [0.5, 0.6) is 0 Å². The number of carbonyl (C=O) groups excluding carboxylic acids is 2. The lowest BCUT2D eigenvalue weighted by molar-refractivity contribution is -0.142. The third kappa shape index (κ3) is 4.68. The van der Waals surface area contributed by atoms with Crippen LogP contribution in [0.4, 0.5) is 5.82 Å². The van der Waals surface area contributed by atoms with Gasteiger partial charge < -0.3 is 4.90 Å². The molecule has 1 aromatic heterocycles. The molecule has 0 radical (unpaired) electrons. The SMILES string of the molecule is C=C(C)CN(CC)C(=O)C(=O)Nc1nn(C(C)(C)C)cc1C#N. The summed E-state index contributed by atoms with van der Waals surface area (Å²) >= 11 is 0. The van der Waals surface area contributed by atoms with E-state index in [1.807, 2.05) is 26.8 Å². The summed E-state index contributed by atoms with van der Waals surface area (Å²) in [6.45, 7) is 13.8. The van der Waals surface area contributed by atoms with Gasteiger partial charge in [-0.05, 0) is 34.6 Å². The number of carbonyl (C=O) groups is 2. The fraction of sp³-hybridized carbons (Fsp3) is 0.500. The van der Waals surface area contributed by atoms with Crippen molar-refractivity contribution in [3.05, 3.63) is 23.9 Å². The molecule has 0 saturated heterocycles. The molecule has 7 heteroatoms. The lowest BCUT2D eigenvalue weighted by Gasteiger charge is -2.20. The number of nitrogens with one attached hydrogen (secondary N) is 1. The average molecular weight is 317 g/mol. The van der Waals surface area contributed by atoms with Crippen molar-refractivity contribution in [3.8, 4) is 6.07 Å². The van der Waals surface area contributed by atoms with E-state index in [4.69, 9.17) is 5.26 Å². The fourth-order valence-electron chi connectivity index (χ4n) is 1.85. The Morgan fingerprint density at radius 3 is 2.52 bits per heavy atom. The van der Waals surface area contributed by atoms with Crippen molar-refractivity contribution < 1.29 is 9.59 Å². The monoisotopic (exact) mass is 317 g/mol. The van der Waals surface area contributed by atoms with E-state index in [0.29, 0.717) is 13.1 Å². The second-order valence-corrected chi connectivity index (χ2v) is 6.35. The van der Waals surface area contributed by atoms with Gasteiger partial charge in [-0.1, -0.05) is 12.2 Å². The minimum atomic E-state index is -0.816. The Labute approximate surface area is 136 Å². The number of hydrogen-bond acceptors (Lipinski definition) is 4. The van der Waals surface area contributed by atoms with Crippen LogP contribution in [0.3, 0.4) is 0 Å². The van der Waals surface area contributed by atoms with E-state index in [1.54, 1.807) is 24.7 Å². The molecule has 0 saturated carbocycles. The largest absolute Gasteiger partial charge is 0.331 e. The number of rotatable bonds is 4. The van der Waals surface area contributed by atoms with Crippen LogP contribution in [0.25, 0.3) is 0 Å². The summed E-state index contributed by atoms with van der Waals surface area (Å²) in [5.41, 5.74) is 0.653. The molecule has 1 aromatic rings. The van der Waals surface area contributed by atoms with E-state index in [9.17, 15) is 9.59 Å². The van der Waals surface area contributed by atoms with Crippen LogP contribution in [0.2, 0.25) is 0 Å². The van der Waals surface area contributed by atoms with Gasteiger partial charge in [-0.25, -0.2) is 0 Å². The summed E-state index contributed by atoms with van der Waals surface area (Å²) in [7, 11) is 0. The van der Waals surface area contributed by atoms with E-state index < -0.39 is 11.8 Å². The van der Waals surface area contributed by atoms with Crippen LogP contribution in [-0.2, 0) is 15.1 Å². The number of nitrogens with zero attached hydrogens (tertiary/aromatic N) is 4. The second kappa shape index (κ2) is 7.09. The van der Waals surface area contributed by atoms with E-state index in [-0.39, 0.29) is 16.9 Å². The fourth-order valence-corrected chi connectivity index (χ4v) is 1.85. The number of nitriles is 1. The Kier molecular flexibility index (Phi) is 5.68. The maximum atomic E-state index is 12.2. The molecule has 0 aliphatic rings. The summed E-state index contributed by atoms with van der Waals surface area (Å²) in [5, 5.41) is 15.8. The molecule has 0 aromatic carbocycles. The highest BCUT2D eigenvalue weighted by atomic mass is 16.2. The highest BCUT2D eigenvalue weighted by Gasteiger charge is 2.24. The molecule has 0 unspecified atom stereocenters. The Morgan fingerprint density at radius 2 is 2.09 bits per heavy atom. The quantitative estimate of drug-likeness (QED) is 0.678. The summed E-state index contributed by atoms with van der Waals surface area (Å²) in [4.78, 5) is 25.7. The number of likely N-dealkylation sites (N-methyl/N-ethyl adjacent to an activating group) is 1. The predicted molar refractivity (Wildman–Crippen MR) is 87.6 cm³/mol. The molecular weight excluding hydrogens is 294 g/mol. The van der Waals surface area contributed by atoms with E-state index in [0.717, 1.165) is 5.57 Å². The molecule has 124 valence electrons. The molecule has 0 bridgehead atoms. The summed E-state index contributed by atoms with van der Waals surface area (Å²) in [5.74, 6) is -1.40. The Bertz CT molecular complexity index is 661. The normalized spacial score (nSPS) is 10.8. The van der Waals surface area contributed by atoms with E-state index in [2.05, 4.69) is 17.0 Å². The summed E-state index contributed by atoms with van der Waals surface area (Å²) in [6.07, 6.45) is 1.55. The van der Waals surface area contributed by atoms with Crippen molar-refractivity contribution >= 4 is 17.6 Å². The van der Waals surface area contributed by atoms with Crippen LogP contribution in [0.15, 0.2) is 18.3 Å². The summed E-state index contributed by atoms with van der Waals surface area (Å²) in [6, 6.07) is 1.97. The van der Waals surface area contributed by atoms with Crippen LogP contribution in [0.1, 0.15) is 40.2 Å². The lowest BCUT2D eigenvalue weighted by Crippen LogP contribution is -2.40. The molecule has 1 rings (SSSR count). The smallest absolute Gasteiger partial charge is 0.315 e. The first-order valence-electron chi connectivity index (χ1n) is 7.35. The molecule has 1 heterocycles. The summed E-state index contributed by atoms with van der Waals surface area (Å²) < 4.78 is 1.58. The van der Waals surface area contributed by atoms with Crippen LogP contribution in [0, 0.1) is 11.3 Å². The van der Waals surface area contributed by atoms with E-state index in [1.165, 1.54) is 4.90 Å². The number of anilines is 1. The molecule has 7 nitrogen and oxygen atoms in total. The predicted octanol–water partition coefficient (Wildman–Crippen LogP) is 1.87. The van der Waals surface area contributed by atoms with Gasteiger partial charge in [-0.15, -0.1) is 0 Å². The molecule has 0 fully saturated rings. The van der Waals surface area contributed by atoms with Gasteiger partial charge in [0.15, 0.2) is 5.82 Å². The van der Waals surface area contributed by atoms with Gasteiger partial charge in [0.25, 0.3) is 0 Å². The van der Waals surface area contributed by atoms with Gasteiger partial charge in [0.1, 0.15) is 11.6 Å². The standard InChI is InChI=1S/C16H23N5O2/c1-7-20(9-11(2)3)15(23)14(22)18-13-12(8-17)10-21(19-13)16(4,5)6/h10H,2,7,9H2,1,3-6H3,(H,18,19,22). The van der Waals surface area contributed by atoms with Gasteiger partial charge in [0.05, 0.1) is 5.54 Å². The van der Waals surface area contributed by atoms with Gasteiger partial charge in [-0.3, -0.25) is 19.6 Å². The molecule has 0 aliphatic heterocycles. The van der Waals surface area contributed by atoms with Gasteiger partial charge in [-0.2, -0.15) is 10.4 Å². The number of aromatic nitrogens is 2. The van der Waals surface area contributed by atoms with Crippen molar-refractivity contribution in [3.63, 3.8) is 0 Å². The van der Waals surface area contributed by atoms with Crippen molar-refractivity contribution in [2.75, 3.05) is 18.4 Å². The molecule has 23 heavy (non-hydrogen) atoms. The zero-order valence-corrected chi connectivity index (χ0v) is 14.3. The molecule has 0 atom stereocenters. The van der Waals surface area contributed by atoms with Crippen LogP contribution in [-0.4, -0.2) is 39.6 Å². The van der Waals surface area contributed by atoms with Gasteiger partial charge in [0.2, 0.25) is 0 Å². The van der Waals surface area contributed by atoms with Crippen molar-refractivity contribution in [1.29, 1.82) is 5.26 Å². The minimum Gasteiger partial charge on any atom is -0.331 e. The average Bonchev–Trinajstić information content (AvgIpc) is 2.86. The topological polar surface area (TPSA) is 91.0 Å². The maximum absolute atomic E-state index is 12.2. The molecule has 0 aliphatic carbocycles.